The fraction of sp³-hybridized carbons (Fsp3) is 0.214. The lowest BCUT2D eigenvalue weighted by atomic mass is 10.2. The maximum atomic E-state index is 12.4. The molecule has 1 aromatic carbocycles. The van der Waals surface area contributed by atoms with Crippen molar-refractivity contribution >= 4 is 27.3 Å². The van der Waals surface area contributed by atoms with Gasteiger partial charge in [0.1, 0.15) is 6.04 Å². The fourth-order valence-corrected chi connectivity index (χ4v) is 5.64. The van der Waals surface area contributed by atoms with Crippen molar-refractivity contribution in [2.45, 2.75) is 24.4 Å². The van der Waals surface area contributed by atoms with Crippen molar-refractivity contribution in [3.05, 3.63) is 41.3 Å². The molecule has 1 aliphatic heterocycles. The molecule has 2 aromatic rings. The smallest absolute Gasteiger partial charge is 0.321 e. The largest absolute Gasteiger partial charge is 0.480 e. The molecule has 0 fully saturated rings. The van der Waals surface area contributed by atoms with Gasteiger partial charge in [-0.2, -0.15) is 4.31 Å². The van der Waals surface area contributed by atoms with E-state index in [1.807, 2.05) is 30.3 Å². The molecular weight excluding hydrogens is 310 g/mol. The van der Waals surface area contributed by atoms with Crippen LogP contribution in [0.3, 0.4) is 0 Å². The van der Waals surface area contributed by atoms with Crippen molar-refractivity contribution in [1.29, 1.82) is 0 Å². The first-order chi connectivity index (χ1) is 9.91. The average Bonchev–Trinajstić information content (AvgIpc) is 2.98. The summed E-state index contributed by atoms with van der Waals surface area (Å²) in [5, 5.41) is 9.02. The van der Waals surface area contributed by atoms with Crippen LogP contribution in [-0.2, 0) is 21.4 Å². The molecule has 7 heteroatoms. The first-order valence-electron chi connectivity index (χ1n) is 6.34. The molecule has 1 atom stereocenters. The molecule has 110 valence electrons. The van der Waals surface area contributed by atoms with Gasteiger partial charge in [0.25, 0.3) is 0 Å². The normalized spacial score (nSPS) is 18.3. The number of carboxylic acid groups (broad SMARTS) is 1. The van der Waals surface area contributed by atoms with E-state index in [9.17, 15) is 13.2 Å². The second-order valence-corrected chi connectivity index (χ2v) is 7.82. The molecule has 0 spiro atoms. The summed E-state index contributed by atoms with van der Waals surface area (Å²) in [7, 11) is -3.71. The van der Waals surface area contributed by atoms with E-state index in [0.717, 1.165) is 14.7 Å². The van der Waals surface area contributed by atoms with Gasteiger partial charge in [-0.05, 0) is 18.6 Å². The fourth-order valence-electron chi connectivity index (χ4n) is 2.31. The summed E-state index contributed by atoms with van der Waals surface area (Å²) in [4.78, 5) is 12.8. The van der Waals surface area contributed by atoms with Crippen LogP contribution in [0.1, 0.15) is 11.8 Å². The minimum atomic E-state index is -3.71. The van der Waals surface area contributed by atoms with E-state index in [2.05, 4.69) is 0 Å². The van der Waals surface area contributed by atoms with Crippen molar-refractivity contribution in [2.24, 2.45) is 0 Å². The number of nitrogens with zero attached hydrogens (tertiary/aromatic N) is 1. The molecule has 0 aliphatic carbocycles. The predicted octanol–water partition coefficient (Wildman–Crippen LogP) is 2.39. The van der Waals surface area contributed by atoms with Crippen molar-refractivity contribution in [1.82, 2.24) is 4.31 Å². The zero-order chi connectivity index (χ0) is 15.2. The van der Waals surface area contributed by atoms with Gasteiger partial charge in [0, 0.05) is 9.75 Å². The van der Waals surface area contributed by atoms with Crippen LogP contribution in [-0.4, -0.2) is 29.8 Å². The Morgan fingerprint density at radius 3 is 2.57 bits per heavy atom. The number of carboxylic acids is 1. The quantitative estimate of drug-likeness (QED) is 0.941. The Hall–Kier alpha value is -1.70. The van der Waals surface area contributed by atoms with Gasteiger partial charge in [0.2, 0.25) is 10.0 Å². The SMILES string of the molecule is CC(C(=O)O)N1Cc2sc(-c3ccccc3)cc2S1(=O)=O. The highest BCUT2D eigenvalue weighted by atomic mass is 32.2. The molecule has 1 aromatic heterocycles. The van der Waals surface area contributed by atoms with E-state index in [4.69, 9.17) is 5.11 Å². The minimum absolute atomic E-state index is 0.128. The van der Waals surface area contributed by atoms with Crippen LogP contribution in [0.5, 0.6) is 0 Å². The van der Waals surface area contributed by atoms with Crippen LogP contribution in [0, 0.1) is 0 Å². The summed E-state index contributed by atoms with van der Waals surface area (Å²) in [6.45, 7) is 1.51. The predicted molar refractivity (Wildman–Crippen MR) is 79.6 cm³/mol. The molecule has 21 heavy (non-hydrogen) atoms. The van der Waals surface area contributed by atoms with Gasteiger partial charge in [-0.3, -0.25) is 4.79 Å². The van der Waals surface area contributed by atoms with Crippen LogP contribution >= 0.6 is 11.3 Å². The zero-order valence-corrected chi connectivity index (χ0v) is 12.8. The van der Waals surface area contributed by atoms with E-state index in [-0.39, 0.29) is 11.4 Å². The topological polar surface area (TPSA) is 74.7 Å². The molecular formula is C14H13NO4S2. The van der Waals surface area contributed by atoms with Crippen LogP contribution < -0.4 is 0 Å². The molecule has 0 bridgehead atoms. The van der Waals surface area contributed by atoms with E-state index in [1.54, 1.807) is 6.07 Å². The van der Waals surface area contributed by atoms with Crippen LogP contribution in [0.4, 0.5) is 0 Å². The van der Waals surface area contributed by atoms with Gasteiger partial charge in [-0.15, -0.1) is 11.3 Å². The summed E-state index contributed by atoms with van der Waals surface area (Å²) >= 11 is 1.40. The molecule has 1 aliphatic rings. The van der Waals surface area contributed by atoms with Crippen LogP contribution in [0.2, 0.25) is 0 Å². The minimum Gasteiger partial charge on any atom is -0.480 e. The second-order valence-electron chi connectivity index (χ2n) is 4.83. The first kappa shape index (κ1) is 14.2. The number of hydrogen-bond acceptors (Lipinski definition) is 4. The molecule has 1 N–H and O–H groups in total. The highest BCUT2D eigenvalue weighted by molar-refractivity contribution is 7.89. The third-order valence-corrected chi connectivity index (χ3v) is 6.78. The van der Waals surface area contributed by atoms with E-state index in [0.29, 0.717) is 4.88 Å². The molecule has 3 rings (SSSR count). The number of rotatable bonds is 3. The molecule has 2 heterocycles. The Kier molecular flexibility index (Phi) is 3.35. The Labute approximate surface area is 126 Å². The lowest BCUT2D eigenvalue weighted by Crippen LogP contribution is -2.39. The number of thiophene rings is 1. The van der Waals surface area contributed by atoms with Gasteiger partial charge in [-0.25, -0.2) is 8.42 Å². The highest BCUT2D eigenvalue weighted by Crippen LogP contribution is 2.41. The number of sulfonamides is 1. The molecule has 0 saturated heterocycles. The van der Waals surface area contributed by atoms with Gasteiger partial charge in [0.05, 0.1) is 11.4 Å². The van der Waals surface area contributed by atoms with Crippen molar-refractivity contribution in [3.63, 3.8) is 0 Å². The summed E-state index contributed by atoms with van der Waals surface area (Å²) in [6.07, 6.45) is 0. The maximum absolute atomic E-state index is 12.4. The number of aliphatic carboxylic acids is 1. The molecule has 5 nitrogen and oxygen atoms in total. The van der Waals surface area contributed by atoms with Gasteiger partial charge >= 0.3 is 5.97 Å². The lowest BCUT2D eigenvalue weighted by molar-refractivity contribution is -0.140. The highest BCUT2D eigenvalue weighted by Gasteiger charge is 2.41. The van der Waals surface area contributed by atoms with Crippen molar-refractivity contribution < 1.29 is 18.3 Å². The summed E-state index contributed by atoms with van der Waals surface area (Å²) in [5.74, 6) is -1.14. The van der Waals surface area contributed by atoms with Crippen LogP contribution in [0.15, 0.2) is 41.3 Å². The lowest BCUT2D eigenvalue weighted by Gasteiger charge is -2.18. The molecule has 0 saturated carbocycles. The third kappa shape index (κ3) is 2.27. The van der Waals surface area contributed by atoms with E-state index in [1.165, 1.54) is 18.3 Å². The summed E-state index contributed by atoms with van der Waals surface area (Å²) in [5.41, 5.74) is 0.963. The monoisotopic (exact) mass is 323 g/mol. The first-order valence-corrected chi connectivity index (χ1v) is 8.59. The number of fused-ring (bicyclic) bond motifs is 1. The number of hydrogen-bond donors (Lipinski definition) is 1. The van der Waals surface area contributed by atoms with Gasteiger partial charge in [-0.1, -0.05) is 30.3 Å². The number of carbonyl (C=O) groups is 1. The Morgan fingerprint density at radius 1 is 1.33 bits per heavy atom. The third-order valence-electron chi connectivity index (χ3n) is 3.50. The van der Waals surface area contributed by atoms with E-state index < -0.39 is 22.0 Å². The molecule has 0 amide bonds. The number of benzene rings is 1. The Bertz CT molecular complexity index is 796. The van der Waals surface area contributed by atoms with Crippen LogP contribution in [0.25, 0.3) is 10.4 Å². The maximum Gasteiger partial charge on any atom is 0.321 e. The Morgan fingerprint density at radius 2 is 2.00 bits per heavy atom. The van der Waals surface area contributed by atoms with E-state index >= 15 is 0 Å². The summed E-state index contributed by atoms with van der Waals surface area (Å²) < 4.78 is 25.9. The second kappa shape index (κ2) is 4.94. The van der Waals surface area contributed by atoms with Crippen molar-refractivity contribution in [2.75, 3.05) is 0 Å². The zero-order valence-electron chi connectivity index (χ0n) is 11.2. The standard InChI is InChI=1S/C14H13NO4S2/c1-9(14(16)17)15-8-12-13(21(15,18)19)7-11(20-12)10-5-3-2-4-6-10/h2-7,9H,8H2,1H3,(H,16,17). The van der Waals surface area contributed by atoms with Gasteiger partial charge in [0.15, 0.2) is 0 Å². The molecule has 1 unspecified atom stereocenters. The molecule has 0 radical (unpaired) electrons. The van der Waals surface area contributed by atoms with Gasteiger partial charge < -0.3 is 5.11 Å². The van der Waals surface area contributed by atoms with Crippen molar-refractivity contribution in [3.8, 4) is 10.4 Å². The Balaban J connectivity index is 2.01. The average molecular weight is 323 g/mol. The summed E-state index contributed by atoms with van der Waals surface area (Å²) in [6, 6.07) is 10.1.